The molecule has 0 fully saturated rings. The van der Waals surface area contributed by atoms with Crippen LogP contribution in [0.2, 0.25) is 0 Å². The summed E-state index contributed by atoms with van der Waals surface area (Å²) in [6, 6.07) is 21.2. The average Bonchev–Trinajstić information content (AvgIpc) is 2.66. The minimum Gasteiger partial charge on any atom is -0.385 e. The second kappa shape index (κ2) is 11.3. The smallest absolute Gasteiger partial charge is 0.0378 e. The second-order valence-electron chi connectivity index (χ2n) is 6.43. The average molecular weight is 334 g/mol. The fraction of sp³-hybridized carbons (Fsp3) is 0.333. The zero-order valence-electron chi connectivity index (χ0n) is 15.7. The van der Waals surface area contributed by atoms with Gasteiger partial charge in [0.05, 0.1) is 0 Å². The molecule has 0 radical (unpaired) electrons. The van der Waals surface area contributed by atoms with Gasteiger partial charge in [-0.2, -0.15) is 0 Å². The van der Waals surface area contributed by atoms with E-state index in [4.69, 9.17) is 0 Å². The maximum atomic E-state index is 3.70. The molecule has 0 amide bonds. The second-order valence-corrected chi connectivity index (χ2v) is 6.43. The fourth-order valence-corrected chi connectivity index (χ4v) is 2.88. The molecule has 0 bridgehead atoms. The number of hydrogen-bond donors (Lipinski definition) is 1. The Morgan fingerprint density at radius 1 is 0.760 bits per heavy atom. The molecule has 1 nitrogen and oxygen atoms in total. The lowest BCUT2D eigenvalue weighted by Gasteiger charge is -2.15. The first-order valence-electron chi connectivity index (χ1n) is 9.60. The molecule has 2 aromatic carbocycles. The van der Waals surface area contributed by atoms with Crippen LogP contribution in [0.3, 0.4) is 0 Å². The van der Waals surface area contributed by atoms with E-state index in [-0.39, 0.29) is 0 Å². The van der Waals surface area contributed by atoms with Crippen molar-refractivity contribution >= 4 is 12.2 Å². The van der Waals surface area contributed by atoms with Gasteiger partial charge in [0.2, 0.25) is 0 Å². The Bertz CT molecular complexity index is 653. The van der Waals surface area contributed by atoms with Crippen molar-refractivity contribution in [3.05, 3.63) is 83.1 Å². The van der Waals surface area contributed by atoms with Gasteiger partial charge >= 0.3 is 0 Å². The van der Waals surface area contributed by atoms with Crippen LogP contribution < -0.4 is 5.32 Å². The summed E-state index contributed by atoms with van der Waals surface area (Å²) >= 11 is 0. The molecule has 0 spiro atoms. The number of benzene rings is 2. The van der Waals surface area contributed by atoms with Crippen molar-refractivity contribution in [2.75, 3.05) is 6.54 Å². The summed E-state index contributed by atoms with van der Waals surface area (Å²) in [6.45, 7) is 5.52. The molecule has 132 valence electrons. The lowest BCUT2D eigenvalue weighted by Crippen LogP contribution is -2.16. The molecule has 0 saturated heterocycles. The minimum atomic E-state index is 1.03. The Labute approximate surface area is 153 Å². The molecular weight excluding hydrogens is 302 g/mol. The third-order valence-corrected chi connectivity index (χ3v) is 4.21. The third kappa shape index (κ3) is 7.01. The van der Waals surface area contributed by atoms with E-state index in [1.807, 2.05) is 0 Å². The van der Waals surface area contributed by atoms with Gasteiger partial charge in [-0.1, -0.05) is 93.8 Å². The number of allylic oxidation sites excluding steroid dienone is 1. The molecule has 2 rings (SSSR count). The van der Waals surface area contributed by atoms with Gasteiger partial charge in [-0.15, -0.1) is 0 Å². The predicted molar refractivity (Wildman–Crippen MR) is 111 cm³/mol. The summed E-state index contributed by atoms with van der Waals surface area (Å²) in [7, 11) is 0. The van der Waals surface area contributed by atoms with Gasteiger partial charge < -0.3 is 5.32 Å². The molecule has 25 heavy (non-hydrogen) atoms. The van der Waals surface area contributed by atoms with Crippen LogP contribution in [-0.2, 0) is 0 Å². The van der Waals surface area contributed by atoms with Gasteiger partial charge in [0.25, 0.3) is 0 Å². The van der Waals surface area contributed by atoms with Crippen LogP contribution in [0.25, 0.3) is 12.2 Å². The normalized spacial score (nSPS) is 12.2. The Hall–Kier alpha value is -2.28. The summed E-state index contributed by atoms with van der Waals surface area (Å²) < 4.78 is 0. The molecule has 0 heterocycles. The Kier molecular flexibility index (Phi) is 8.61. The van der Waals surface area contributed by atoms with Crippen LogP contribution >= 0.6 is 0 Å². The van der Waals surface area contributed by atoms with Crippen molar-refractivity contribution in [3.63, 3.8) is 0 Å². The molecule has 0 atom stereocenters. The van der Waals surface area contributed by atoms with Crippen molar-refractivity contribution in [2.24, 2.45) is 0 Å². The van der Waals surface area contributed by atoms with E-state index in [0.717, 1.165) is 19.4 Å². The number of rotatable bonds is 10. The molecule has 2 aromatic rings. The number of unbranched alkanes of at least 4 members (excludes halogenated alkanes) is 2. The number of nitrogens with one attached hydrogen (secondary N) is 1. The third-order valence-electron chi connectivity index (χ3n) is 4.21. The highest BCUT2D eigenvalue weighted by molar-refractivity contribution is 5.65. The van der Waals surface area contributed by atoms with Crippen LogP contribution in [0.5, 0.6) is 0 Å². The van der Waals surface area contributed by atoms with Crippen LogP contribution in [0, 0.1) is 0 Å². The fourth-order valence-electron chi connectivity index (χ4n) is 2.88. The summed E-state index contributed by atoms with van der Waals surface area (Å²) in [5, 5.41) is 3.70. The van der Waals surface area contributed by atoms with E-state index in [1.54, 1.807) is 0 Å². The Balaban J connectivity index is 2.29. The van der Waals surface area contributed by atoms with Crippen molar-refractivity contribution in [1.29, 1.82) is 0 Å². The van der Waals surface area contributed by atoms with E-state index in [2.05, 4.69) is 92.0 Å². The first kappa shape index (κ1) is 19.1. The SMILES string of the molecule is CCCCCNC(=Cc1ccccc1)C(=Cc1ccccc1)CCC. The molecule has 1 heteroatoms. The highest BCUT2D eigenvalue weighted by Crippen LogP contribution is 2.21. The van der Waals surface area contributed by atoms with Gasteiger partial charge in [-0.05, 0) is 41.7 Å². The highest BCUT2D eigenvalue weighted by Gasteiger charge is 2.05. The molecule has 0 aliphatic carbocycles. The van der Waals surface area contributed by atoms with Crippen LogP contribution in [0.4, 0.5) is 0 Å². The molecule has 1 N–H and O–H groups in total. The molecule has 0 aliphatic rings. The first-order chi connectivity index (χ1) is 12.3. The van der Waals surface area contributed by atoms with Crippen molar-refractivity contribution < 1.29 is 0 Å². The van der Waals surface area contributed by atoms with E-state index in [0.29, 0.717) is 0 Å². The predicted octanol–water partition coefficient (Wildman–Crippen LogP) is 6.69. The first-order valence-corrected chi connectivity index (χ1v) is 9.60. The van der Waals surface area contributed by atoms with E-state index >= 15 is 0 Å². The zero-order valence-corrected chi connectivity index (χ0v) is 15.7. The van der Waals surface area contributed by atoms with E-state index < -0.39 is 0 Å². The maximum absolute atomic E-state index is 3.70. The van der Waals surface area contributed by atoms with Crippen molar-refractivity contribution in [1.82, 2.24) is 5.32 Å². The lowest BCUT2D eigenvalue weighted by atomic mass is 10.0. The number of hydrogen-bond acceptors (Lipinski definition) is 1. The molecule has 0 aromatic heterocycles. The molecule has 0 saturated carbocycles. The summed E-state index contributed by atoms with van der Waals surface area (Å²) in [6.07, 6.45) is 10.6. The van der Waals surface area contributed by atoms with Crippen LogP contribution in [0.1, 0.15) is 57.1 Å². The van der Waals surface area contributed by atoms with Gasteiger partial charge in [0, 0.05) is 12.2 Å². The maximum Gasteiger partial charge on any atom is 0.0378 e. The summed E-state index contributed by atoms with van der Waals surface area (Å²) in [5.41, 5.74) is 5.15. The standard InChI is InChI=1S/C24H31N/c1-3-5-12-18-25-24(20-22-16-10-7-11-17-22)23(13-4-2)19-21-14-8-6-9-15-21/h6-11,14-17,19-20,25H,3-5,12-13,18H2,1-2H3. The Morgan fingerprint density at radius 3 is 1.92 bits per heavy atom. The van der Waals surface area contributed by atoms with Crippen molar-refractivity contribution in [3.8, 4) is 0 Å². The highest BCUT2D eigenvalue weighted by atomic mass is 14.9. The molecular formula is C24H31N. The molecule has 0 unspecified atom stereocenters. The summed E-state index contributed by atoms with van der Waals surface area (Å²) in [5.74, 6) is 0. The van der Waals surface area contributed by atoms with E-state index in [1.165, 1.54) is 41.7 Å². The monoisotopic (exact) mass is 333 g/mol. The van der Waals surface area contributed by atoms with Gasteiger partial charge in [0.15, 0.2) is 0 Å². The quantitative estimate of drug-likeness (QED) is 0.377. The molecule has 0 aliphatic heterocycles. The van der Waals surface area contributed by atoms with Gasteiger partial charge in [-0.25, -0.2) is 0 Å². The van der Waals surface area contributed by atoms with Crippen LogP contribution in [-0.4, -0.2) is 6.54 Å². The Morgan fingerprint density at radius 2 is 1.36 bits per heavy atom. The van der Waals surface area contributed by atoms with Crippen molar-refractivity contribution in [2.45, 2.75) is 46.0 Å². The summed E-state index contributed by atoms with van der Waals surface area (Å²) in [4.78, 5) is 0. The minimum absolute atomic E-state index is 1.03. The zero-order chi connectivity index (χ0) is 17.7. The topological polar surface area (TPSA) is 12.0 Å². The van der Waals surface area contributed by atoms with E-state index in [9.17, 15) is 0 Å². The van der Waals surface area contributed by atoms with Gasteiger partial charge in [-0.3, -0.25) is 0 Å². The largest absolute Gasteiger partial charge is 0.385 e. The van der Waals surface area contributed by atoms with Gasteiger partial charge in [0.1, 0.15) is 0 Å². The lowest BCUT2D eigenvalue weighted by molar-refractivity contribution is 0.668. The van der Waals surface area contributed by atoms with Crippen LogP contribution in [0.15, 0.2) is 71.9 Å².